The summed E-state index contributed by atoms with van der Waals surface area (Å²) in [6, 6.07) is 16.4. The van der Waals surface area contributed by atoms with Gasteiger partial charge in [0, 0.05) is 11.4 Å². The molecule has 1 unspecified atom stereocenters. The Hall–Kier alpha value is -2.64. The Bertz CT molecular complexity index is 824. The average molecular weight is 339 g/mol. The number of anilines is 1. The molecule has 0 N–H and O–H groups in total. The molecule has 1 heterocycles. The van der Waals surface area contributed by atoms with Crippen molar-refractivity contribution in [1.82, 2.24) is 0 Å². The van der Waals surface area contributed by atoms with Crippen molar-refractivity contribution in [3.8, 4) is 6.07 Å². The number of halogens is 1. The molecule has 2 amide bonds. The van der Waals surface area contributed by atoms with Gasteiger partial charge in [-0.3, -0.25) is 14.5 Å². The molecule has 5 heteroatoms. The molecular formula is C19H15ClN2O2. The van der Waals surface area contributed by atoms with Crippen molar-refractivity contribution in [3.63, 3.8) is 0 Å². The molecule has 0 saturated carbocycles. The maximum Gasteiger partial charge on any atom is 0.237 e. The number of imide groups is 1. The number of amides is 2. The number of hydrogen-bond acceptors (Lipinski definition) is 3. The van der Waals surface area contributed by atoms with Crippen molar-refractivity contribution in [2.75, 3.05) is 4.90 Å². The van der Waals surface area contributed by atoms with Crippen molar-refractivity contribution in [1.29, 1.82) is 5.26 Å². The first-order chi connectivity index (χ1) is 11.6. The van der Waals surface area contributed by atoms with Crippen LogP contribution in [-0.4, -0.2) is 11.8 Å². The fourth-order valence-corrected chi connectivity index (χ4v) is 3.09. The second-order valence-electron chi connectivity index (χ2n) is 5.80. The molecule has 1 fully saturated rings. The summed E-state index contributed by atoms with van der Waals surface area (Å²) in [6.07, 6.45) is 1.07. The Morgan fingerprint density at radius 3 is 2.50 bits per heavy atom. The van der Waals surface area contributed by atoms with Gasteiger partial charge in [-0.15, -0.1) is 0 Å². The SMILES string of the molecule is N#CCc1ccc(CC2CC(=O)N(c3cccc(Cl)c3)C2=O)cc1. The van der Waals surface area contributed by atoms with Crippen molar-refractivity contribution in [2.24, 2.45) is 5.92 Å². The van der Waals surface area contributed by atoms with E-state index < -0.39 is 0 Å². The summed E-state index contributed by atoms with van der Waals surface area (Å²) in [5.41, 5.74) is 2.44. The van der Waals surface area contributed by atoms with E-state index in [9.17, 15) is 9.59 Å². The van der Waals surface area contributed by atoms with E-state index >= 15 is 0 Å². The molecule has 0 aromatic heterocycles. The lowest BCUT2D eigenvalue weighted by Gasteiger charge is -2.15. The van der Waals surface area contributed by atoms with E-state index in [1.54, 1.807) is 24.3 Å². The predicted molar refractivity (Wildman–Crippen MR) is 91.5 cm³/mol. The highest BCUT2D eigenvalue weighted by Crippen LogP contribution is 2.30. The minimum absolute atomic E-state index is 0.191. The Balaban J connectivity index is 1.75. The fraction of sp³-hybridized carbons (Fsp3) is 0.211. The van der Waals surface area contributed by atoms with Gasteiger partial charge in [0.25, 0.3) is 0 Å². The fourth-order valence-electron chi connectivity index (χ4n) is 2.91. The normalized spacial score (nSPS) is 17.2. The molecule has 1 aliphatic heterocycles. The summed E-state index contributed by atoms with van der Waals surface area (Å²) in [5, 5.41) is 9.18. The smallest absolute Gasteiger partial charge is 0.237 e. The van der Waals surface area contributed by atoms with E-state index in [0.29, 0.717) is 23.6 Å². The van der Waals surface area contributed by atoms with Crippen LogP contribution in [-0.2, 0) is 22.4 Å². The molecular weight excluding hydrogens is 324 g/mol. The van der Waals surface area contributed by atoms with Crippen LogP contribution in [0.3, 0.4) is 0 Å². The Morgan fingerprint density at radius 1 is 1.12 bits per heavy atom. The number of carbonyl (C=O) groups excluding carboxylic acids is 2. The zero-order valence-electron chi connectivity index (χ0n) is 12.9. The molecule has 24 heavy (non-hydrogen) atoms. The van der Waals surface area contributed by atoms with Gasteiger partial charge in [-0.2, -0.15) is 5.26 Å². The first kappa shape index (κ1) is 16.2. The van der Waals surface area contributed by atoms with Crippen LogP contribution in [0.1, 0.15) is 17.5 Å². The highest BCUT2D eigenvalue weighted by molar-refractivity contribution is 6.31. The highest BCUT2D eigenvalue weighted by atomic mass is 35.5. The molecule has 0 bridgehead atoms. The van der Waals surface area contributed by atoms with Crippen molar-refractivity contribution in [3.05, 3.63) is 64.7 Å². The Morgan fingerprint density at radius 2 is 1.83 bits per heavy atom. The number of nitrogens with zero attached hydrogens (tertiary/aromatic N) is 2. The lowest BCUT2D eigenvalue weighted by molar-refractivity contribution is -0.122. The standard InChI is InChI=1S/C19H15ClN2O2/c20-16-2-1-3-17(12-16)22-18(23)11-15(19(22)24)10-14-6-4-13(5-7-14)8-9-21/h1-7,12,15H,8,10-11H2. The summed E-state index contributed by atoms with van der Waals surface area (Å²) in [7, 11) is 0. The molecule has 0 aliphatic carbocycles. The first-order valence-electron chi connectivity index (χ1n) is 7.65. The van der Waals surface area contributed by atoms with E-state index in [4.69, 9.17) is 16.9 Å². The van der Waals surface area contributed by atoms with Crippen molar-refractivity contribution < 1.29 is 9.59 Å². The van der Waals surface area contributed by atoms with Gasteiger partial charge < -0.3 is 0 Å². The summed E-state index contributed by atoms with van der Waals surface area (Å²) >= 11 is 5.95. The van der Waals surface area contributed by atoms with Gasteiger partial charge >= 0.3 is 0 Å². The second kappa shape index (κ2) is 6.86. The molecule has 1 aliphatic rings. The van der Waals surface area contributed by atoms with Crippen LogP contribution < -0.4 is 4.90 Å². The van der Waals surface area contributed by atoms with E-state index in [2.05, 4.69) is 6.07 Å². The Labute approximate surface area is 145 Å². The molecule has 4 nitrogen and oxygen atoms in total. The van der Waals surface area contributed by atoms with Crippen LogP contribution in [0.4, 0.5) is 5.69 Å². The molecule has 120 valence electrons. The molecule has 0 spiro atoms. The van der Waals surface area contributed by atoms with Crippen LogP contribution in [0.15, 0.2) is 48.5 Å². The number of nitriles is 1. The van der Waals surface area contributed by atoms with Gasteiger partial charge in [0.2, 0.25) is 11.8 Å². The zero-order valence-corrected chi connectivity index (χ0v) is 13.7. The summed E-state index contributed by atoms with van der Waals surface area (Å²) in [6.45, 7) is 0. The predicted octanol–water partition coefficient (Wildman–Crippen LogP) is 3.53. The van der Waals surface area contributed by atoms with Crippen LogP contribution in [0, 0.1) is 17.2 Å². The molecule has 3 rings (SSSR count). The van der Waals surface area contributed by atoms with E-state index in [1.165, 1.54) is 4.90 Å². The summed E-state index contributed by atoms with van der Waals surface area (Å²) < 4.78 is 0. The summed E-state index contributed by atoms with van der Waals surface area (Å²) in [5.74, 6) is -0.755. The number of benzene rings is 2. The number of rotatable bonds is 4. The molecule has 2 aromatic carbocycles. The summed E-state index contributed by atoms with van der Waals surface area (Å²) in [4.78, 5) is 26.1. The van der Waals surface area contributed by atoms with E-state index in [-0.39, 0.29) is 24.2 Å². The third-order valence-electron chi connectivity index (χ3n) is 4.09. The third-order valence-corrected chi connectivity index (χ3v) is 4.33. The largest absolute Gasteiger partial charge is 0.274 e. The van der Waals surface area contributed by atoms with Crippen molar-refractivity contribution in [2.45, 2.75) is 19.3 Å². The second-order valence-corrected chi connectivity index (χ2v) is 6.24. The maximum atomic E-state index is 12.6. The number of carbonyl (C=O) groups is 2. The van der Waals surface area contributed by atoms with Gasteiger partial charge in [-0.05, 0) is 35.7 Å². The van der Waals surface area contributed by atoms with Gasteiger partial charge in [-0.25, -0.2) is 0 Å². The molecule has 2 aromatic rings. The highest BCUT2D eigenvalue weighted by Gasteiger charge is 2.39. The van der Waals surface area contributed by atoms with Crippen molar-refractivity contribution >= 4 is 29.1 Å². The van der Waals surface area contributed by atoms with Crippen LogP contribution >= 0.6 is 11.6 Å². The number of hydrogen-bond donors (Lipinski definition) is 0. The monoisotopic (exact) mass is 338 g/mol. The van der Waals surface area contributed by atoms with Gasteiger partial charge in [0.15, 0.2) is 0 Å². The quantitative estimate of drug-likeness (QED) is 0.801. The van der Waals surface area contributed by atoms with Gasteiger partial charge in [0.1, 0.15) is 0 Å². The zero-order chi connectivity index (χ0) is 17.1. The molecule has 1 saturated heterocycles. The minimum Gasteiger partial charge on any atom is -0.274 e. The lowest BCUT2D eigenvalue weighted by atomic mass is 9.97. The lowest BCUT2D eigenvalue weighted by Crippen LogP contribution is -2.30. The van der Waals surface area contributed by atoms with Crippen LogP contribution in [0.5, 0.6) is 0 Å². The molecule has 0 radical (unpaired) electrons. The van der Waals surface area contributed by atoms with Crippen LogP contribution in [0.2, 0.25) is 5.02 Å². The Kier molecular flexibility index (Phi) is 4.64. The topological polar surface area (TPSA) is 61.2 Å². The van der Waals surface area contributed by atoms with E-state index in [0.717, 1.165) is 11.1 Å². The van der Waals surface area contributed by atoms with E-state index in [1.807, 2.05) is 24.3 Å². The third kappa shape index (κ3) is 3.32. The maximum absolute atomic E-state index is 12.6. The van der Waals surface area contributed by atoms with Gasteiger partial charge in [-0.1, -0.05) is 41.9 Å². The molecule has 1 atom stereocenters. The first-order valence-corrected chi connectivity index (χ1v) is 8.03. The van der Waals surface area contributed by atoms with Gasteiger partial charge in [0.05, 0.1) is 24.1 Å². The average Bonchev–Trinajstić information content (AvgIpc) is 2.83. The van der Waals surface area contributed by atoms with Crippen LogP contribution in [0.25, 0.3) is 0 Å². The minimum atomic E-state index is -0.363.